The molecule has 3 rings (SSSR count). The number of hydrogen-bond donors (Lipinski definition) is 1. The van der Waals surface area contributed by atoms with Crippen LogP contribution < -0.4 is 5.32 Å². The highest BCUT2D eigenvalue weighted by Gasteiger charge is 2.28. The first kappa shape index (κ1) is 13.3. The number of benzene rings is 1. The Labute approximate surface area is 121 Å². The third-order valence-corrected chi connectivity index (χ3v) is 4.54. The number of aromatic nitrogens is 1. The van der Waals surface area contributed by atoms with Gasteiger partial charge in [-0.15, -0.1) is 0 Å². The van der Waals surface area contributed by atoms with Gasteiger partial charge in [-0.05, 0) is 61.6 Å². The van der Waals surface area contributed by atoms with Crippen LogP contribution in [0.15, 0.2) is 42.7 Å². The van der Waals surface area contributed by atoms with Gasteiger partial charge in [-0.1, -0.05) is 24.3 Å². The van der Waals surface area contributed by atoms with Gasteiger partial charge in [0.15, 0.2) is 0 Å². The summed E-state index contributed by atoms with van der Waals surface area (Å²) in [5.41, 5.74) is 5.69. The molecule has 0 amide bonds. The van der Waals surface area contributed by atoms with Crippen LogP contribution in [0.3, 0.4) is 0 Å². The second-order valence-electron chi connectivity index (χ2n) is 5.70. The summed E-state index contributed by atoms with van der Waals surface area (Å²) in [6.45, 7) is 2.18. The summed E-state index contributed by atoms with van der Waals surface area (Å²) in [5, 5.41) is 3.53. The third-order valence-electron chi connectivity index (χ3n) is 4.54. The molecule has 0 bridgehead atoms. The Kier molecular flexibility index (Phi) is 3.83. The predicted molar refractivity (Wildman–Crippen MR) is 82.9 cm³/mol. The highest BCUT2D eigenvalue weighted by Crippen LogP contribution is 2.40. The van der Waals surface area contributed by atoms with Crippen molar-refractivity contribution in [1.82, 2.24) is 10.3 Å². The lowest BCUT2D eigenvalue weighted by molar-refractivity contribution is 0.423. The van der Waals surface area contributed by atoms with Crippen molar-refractivity contribution in [2.75, 3.05) is 7.05 Å². The van der Waals surface area contributed by atoms with Gasteiger partial charge in [0.2, 0.25) is 0 Å². The first-order valence-corrected chi connectivity index (χ1v) is 7.47. The lowest BCUT2D eigenvalue weighted by Gasteiger charge is -2.33. The Morgan fingerprint density at radius 2 is 2.10 bits per heavy atom. The molecule has 2 aromatic rings. The van der Waals surface area contributed by atoms with E-state index in [2.05, 4.69) is 54.6 Å². The van der Waals surface area contributed by atoms with Gasteiger partial charge in [0.25, 0.3) is 0 Å². The zero-order chi connectivity index (χ0) is 13.9. The third kappa shape index (κ3) is 2.36. The van der Waals surface area contributed by atoms with Crippen LogP contribution in [0.2, 0.25) is 0 Å². The summed E-state index contributed by atoms with van der Waals surface area (Å²) in [7, 11) is 2.06. The van der Waals surface area contributed by atoms with Gasteiger partial charge in [0, 0.05) is 24.4 Å². The number of rotatable bonds is 3. The highest BCUT2D eigenvalue weighted by atomic mass is 14.9. The summed E-state index contributed by atoms with van der Waals surface area (Å²) in [5.74, 6) is 0.549. The second-order valence-corrected chi connectivity index (χ2v) is 5.70. The van der Waals surface area contributed by atoms with Crippen molar-refractivity contribution in [2.45, 2.75) is 38.1 Å². The van der Waals surface area contributed by atoms with Gasteiger partial charge >= 0.3 is 0 Å². The molecule has 1 aromatic carbocycles. The van der Waals surface area contributed by atoms with Crippen molar-refractivity contribution in [1.29, 1.82) is 0 Å². The number of hydrogen-bond acceptors (Lipinski definition) is 2. The molecular weight excluding hydrogens is 244 g/mol. The topological polar surface area (TPSA) is 24.9 Å². The summed E-state index contributed by atoms with van der Waals surface area (Å²) >= 11 is 0. The molecule has 0 saturated heterocycles. The van der Waals surface area contributed by atoms with Crippen LogP contribution in [0.25, 0.3) is 0 Å². The number of aryl methyl sites for hydroxylation is 2. The number of nitrogens with one attached hydrogen (secondary N) is 1. The highest BCUT2D eigenvalue weighted by molar-refractivity contribution is 5.37. The average molecular weight is 266 g/mol. The minimum Gasteiger partial charge on any atom is -0.312 e. The Morgan fingerprint density at radius 3 is 2.90 bits per heavy atom. The normalized spacial score (nSPS) is 19.4. The van der Waals surface area contributed by atoms with Crippen LogP contribution in [0, 0.1) is 6.92 Å². The van der Waals surface area contributed by atoms with Crippen LogP contribution in [0.4, 0.5) is 0 Å². The van der Waals surface area contributed by atoms with E-state index in [-0.39, 0.29) is 0 Å². The molecule has 2 atom stereocenters. The molecule has 1 N–H and O–H groups in total. The largest absolute Gasteiger partial charge is 0.312 e. The zero-order valence-corrected chi connectivity index (χ0v) is 12.3. The van der Waals surface area contributed by atoms with Gasteiger partial charge in [-0.2, -0.15) is 0 Å². The fourth-order valence-electron chi connectivity index (χ4n) is 3.51. The van der Waals surface area contributed by atoms with Gasteiger partial charge in [0.1, 0.15) is 0 Å². The van der Waals surface area contributed by atoms with E-state index < -0.39 is 0 Å². The molecule has 0 spiro atoms. The molecule has 0 aliphatic heterocycles. The van der Waals surface area contributed by atoms with Crippen molar-refractivity contribution in [3.63, 3.8) is 0 Å². The van der Waals surface area contributed by atoms with E-state index in [0.29, 0.717) is 12.0 Å². The predicted octanol–water partition coefficient (Wildman–Crippen LogP) is 3.77. The average Bonchev–Trinajstić information content (AvgIpc) is 2.50. The van der Waals surface area contributed by atoms with Crippen LogP contribution >= 0.6 is 0 Å². The fourth-order valence-corrected chi connectivity index (χ4v) is 3.51. The summed E-state index contributed by atoms with van der Waals surface area (Å²) in [6, 6.07) is 11.4. The number of likely N-dealkylation sites (N-methyl/N-ethyl adjacent to an activating group) is 1. The maximum absolute atomic E-state index is 4.33. The van der Waals surface area contributed by atoms with E-state index in [9.17, 15) is 0 Å². The molecule has 20 heavy (non-hydrogen) atoms. The molecule has 1 aromatic heterocycles. The monoisotopic (exact) mass is 266 g/mol. The van der Waals surface area contributed by atoms with E-state index in [1.54, 1.807) is 0 Å². The quantitative estimate of drug-likeness (QED) is 0.914. The Bertz CT molecular complexity index is 591. The van der Waals surface area contributed by atoms with Crippen molar-refractivity contribution < 1.29 is 0 Å². The minimum absolute atomic E-state index is 0.352. The molecule has 2 nitrogen and oxygen atoms in total. The van der Waals surface area contributed by atoms with Gasteiger partial charge in [-0.3, -0.25) is 4.98 Å². The number of fused-ring (bicyclic) bond motifs is 1. The lowest BCUT2D eigenvalue weighted by atomic mass is 9.76. The molecule has 1 heterocycles. The van der Waals surface area contributed by atoms with Crippen molar-refractivity contribution in [2.24, 2.45) is 0 Å². The molecule has 1 aliphatic carbocycles. The maximum Gasteiger partial charge on any atom is 0.0405 e. The Balaban J connectivity index is 2.01. The summed E-state index contributed by atoms with van der Waals surface area (Å²) in [4.78, 5) is 4.33. The SMILES string of the molecule is CNC(c1cnccc1C)C1CCCc2ccccc21. The first-order chi connectivity index (χ1) is 9.81. The number of pyridine rings is 1. The van der Waals surface area contributed by atoms with Crippen molar-refractivity contribution in [3.05, 3.63) is 65.0 Å². The van der Waals surface area contributed by atoms with E-state index in [4.69, 9.17) is 0 Å². The standard InChI is InChI=1S/C18H22N2/c1-13-10-11-20-12-17(13)18(19-2)16-9-5-7-14-6-3-4-8-15(14)16/h3-4,6,8,10-12,16,18-19H,5,7,9H2,1-2H3. The van der Waals surface area contributed by atoms with Crippen LogP contribution in [-0.2, 0) is 6.42 Å². The van der Waals surface area contributed by atoms with Gasteiger partial charge in [-0.25, -0.2) is 0 Å². The van der Waals surface area contributed by atoms with E-state index in [1.165, 1.54) is 41.5 Å². The molecular formula is C18H22N2. The summed E-state index contributed by atoms with van der Waals surface area (Å²) in [6.07, 6.45) is 7.64. The maximum atomic E-state index is 4.33. The molecule has 2 unspecified atom stereocenters. The fraction of sp³-hybridized carbons (Fsp3) is 0.389. The van der Waals surface area contributed by atoms with Crippen molar-refractivity contribution >= 4 is 0 Å². The molecule has 0 fully saturated rings. The molecule has 104 valence electrons. The zero-order valence-electron chi connectivity index (χ0n) is 12.3. The first-order valence-electron chi connectivity index (χ1n) is 7.47. The van der Waals surface area contributed by atoms with Crippen molar-refractivity contribution in [3.8, 4) is 0 Å². The van der Waals surface area contributed by atoms with E-state index in [1.807, 2.05) is 12.4 Å². The van der Waals surface area contributed by atoms with E-state index >= 15 is 0 Å². The molecule has 0 saturated carbocycles. The number of nitrogens with zero attached hydrogens (tertiary/aromatic N) is 1. The lowest BCUT2D eigenvalue weighted by Crippen LogP contribution is -2.27. The smallest absolute Gasteiger partial charge is 0.0405 e. The minimum atomic E-state index is 0.352. The van der Waals surface area contributed by atoms with Crippen LogP contribution in [0.1, 0.15) is 47.1 Å². The van der Waals surface area contributed by atoms with Gasteiger partial charge < -0.3 is 5.32 Å². The van der Waals surface area contributed by atoms with E-state index in [0.717, 1.165) is 0 Å². The van der Waals surface area contributed by atoms with Gasteiger partial charge in [0.05, 0.1) is 0 Å². The van der Waals surface area contributed by atoms with Crippen LogP contribution in [0.5, 0.6) is 0 Å². The Morgan fingerprint density at radius 1 is 1.25 bits per heavy atom. The molecule has 1 aliphatic rings. The second kappa shape index (κ2) is 5.76. The molecule has 2 heteroatoms. The summed E-state index contributed by atoms with van der Waals surface area (Å²) < 4.78 is 0. The molecule has 0 radical (unpaired) electrons. The Hall–Kier alpha value is -1.67. The van der Waals surface area contributed by atoms with Crippen LogP contribution in [-0.4, -0.2) is 12.0 Å².